The van der Waals surface area contributed by atoms with Crippen molar-refractivity contribution in [2.24, 2.45) is 5.41 Å². The summed E-state index contributed by atoms with van der Waals surface area (Å²) < 4.78 is 5.55. The number of hydrogen-bond acceptors (Lipinski definition) is 2. The molecule has 0 amide bonds. The molecule has 2 heteroatoms. The second-order valence-electron chi connectivity index (χ2n) is 7.13. The summed E-state index contributed by atoms with van der Waals surface area (Å²) in [7, 11) is 1.77. The fourth-order valence-electron chi connectivity index (χ4n) is 3.12. The normalized spacial score (nSPS) is 19.3. The molecule has 0 saturated carbocycles. The third-order valence-electron chi connectivity index (χ3n) is 4.56. The zero-order chi connectivity index (χ0) is 14.8. The second kappa shape index (κ2) is 6.17. The molecule has 0 aliphatic carbocycles. The van der Waals surface area contributed by atoms with Crippen molar-refractivity contribution in [2.75, 3.05) is 20.2 Å². The molecule has 0 spiro atoms. The van der Waals surface area contributed by atoms with Gasteiger partial charge in [0.25, 0.3) is 0 Å². The highest BCUT2D eigenvalue weighted by molar-refractivity contribution is 5.42. The van der Waals surface area contributed by atoms with E-state index in [1.165, 1.54) is 37.1 Å². The summed E-state index contributed by atoms with van der Waals surface area (Å²) >= 11 is 0. The molecule has 20 heavy (non-hydrogen) atoms. The van der Waals surface area contributed by atoms with Gasteiger partial charge in [0.05, 0.1) is 7.11 Å². The third kappa shape index (κ3) is 3.54. The zero-order valence-electron chi connectivity index (χ0n) is 13.7. The lowest BCUT2D eigenvalue weighted by atomic mass is 9.82. The highest BCUT2D eigenvalue weighted by atomic mass is 16.5. The Hall–Kier alpha value is -1.02. The highest BCUT2D eigenvalue weighted by Gasteiger charge is 2.26. The third-order valence-corrected chi connectivity index (χ3v) is 4.56. The fraction of sp³-hybridized carbons (Fsp3) is 0.667. The van der Waals surface area contributed by atoms with Crippen LogP contribution in [0.2, 0.25) is 0 Å². The SMILES string of the molecule is COc1cccc(CN2CCC(C)(C)CC2)c1C(C)C. The molecular weight excluding hydrogens is 246 g/mol. The maximum Gasteiger partial charge on any atom is 0.122 e. The molecule has 1 aromatic carbocycles. The van der Waals surface area contributed by atoms with Crippen molar-refractivity contribution in [3.05, 3.63) is 29.3 Å². The molecule has 1 fully saturated rings. The number of benzene rings is 1. The van der Waals surface area contributed by atoms with E-state index < -0.39 is 0 Å². The van der Waals surface area contributed by atoms with E-state index in [1.807, 2.05) is 0 Å². The van der Waals surface area contributed by atoms with Gasteiger partial charge in [-0.2, -0.15) is 0 Å². The smallest absolute Gasteiger partial charge is 0.122 e. The van der Waals surface area contributed by atoms with E-state index in [-0.39, 0.29) is 0 Å². The largest absolute Gasteiger partial charge is 0.496 e. The number of methoxy groups -OCH3 is 1. The van der Waals surface area contributed by atoms with Gasteiger partial charge in [0.15, 0.2) is 0 Å². The van der Waals surface area contributed by atoms with Gasteiger partial charge in [-0.25, -0.2) is 0 Å². The summed E-state index contributed by atoms with van der Waals surface area (Å²) in [5.74, 6) is 1.54. The Balaban J connectivity index is 2.14. The van der Waals surface area contributed by atoms with E-state index in [4.69, 9.17) is 4.74 Å². The molecule has 0 unspecified atom stereocenters. The van der Waals surface area contributed by atoms with E-state index in [0.29, 0.717) is 11.3 Å². The molecule has 0 N–H and O–H groups in total. The molecule has 2 rings (SSSR count). The van der Waals surface area contributed by atoms with Crippen LogP contribution in [0.5, 0.6) is 5.75 Å². The quantitative estimate of drug-likeness (QED) is 0.805. The Morgan fingerprint density at radius 1 is 1.20 bits per heavy atom. The summed E-state index contributed by atoms with van der Waals surface area (Å²) in [6, 6.07) is 6.46. The van der Waals surface area contributed by atoms with Gasteiger partial charge in [-0.05, 0) is 48.9 Å². The van der Waals surface area contributed by atoms with Crippen LogP contribution in [0, 0.1) is 5.41 Å². The molecule has 0 atom stereocenters. The Labute approximate surface area is 124 Å². The average Bonchev–Trinajstić information content (AvgIpc) is 2.40. The molecule has 1 aromatic rings. The van der Waals surface area contributed by atoms with Crippen LogP contribution in [0.25, 0.3) is 0 Å². The predicted octanol–water partition coefficient (Wildman–Crippen LogP) is 4.44. The minimum atomic E-state index is 0.502. The van der Waals surface area contributed by atoms with Crippen LogP contribution >= 0.6 is 0 Å². The minimum absolute atomic E-state index is 0.502. The number of piperidine rings is 1. The van der Waals surface area contributed by atoms with Crippen LogP contribution in [-0.2, 0) is 6.54 Å². The summed E-state index contributed by atoms with van der Waals surface area (Å²) in [4.78, 5) is 2.59. The summed E-state index contributed by atoms with van der Waals surface area (Å²) in [5.41, 5.74) is 3.32. The van der Waals surface area contributed by atoms with E-state index in [2.05, 4.69) is 50.8 Å². The van der Waals surface area contributed by atoms with E-state index in [0.717, 1.165) is 12.3 Å². The van der Waals surface area contributed by atoms with Crippen molar-refractivity contribution in [3.8, 4) is 5.75 Å². The molecule has 2 nitrogen and oxygen atoms in total. The number of nitrogens with zero attached hydrogens (tertiary/aromatic N) is 1. The van der Waals surface area contributed by atoms with Crippen LogP contribution in [-0.4, -0.2) is 25.1 Å². The molecule has 112 valence electrons. The molecule has 1 heterocycles. The average molecular weight is 275 g/mol. The van der Waals surface area contributed by atoms with Crippen LogP contribution in [0.4, 0.5) is 0 Å². The topological polar surface area (TPSA) is 12.5 Å². The Kier molecular flexibility index (Phi) is 4.74. The monoisotopic (exact) mass is 275 g/mol. The van der Waals surface area contributed by atoms with Gasteiger partial charge in [0, 0.05) is 12.1 Å². The second-order valence-corrected chi connectivity index (χ2v) is 7.13. The first-order chi connectivity index (χ1) is 9.43. The van der Waals surface area contributed by atoms with Crippen molar-refractivity contribution < 1.29 is 4.74 Å². The van der Waals surface area contributed by atoms with Crippen LogP contribution in [0.15, 0.2) is 18.2 Å². The summed E-state index contributed by atoms with van der Waals surface area (Å²) in [6.07, 6.45) is 2.60. The van der Waals surface area contributed by atoms with E-state index in [9.17, 15) is 0 Å². The molecule has 0 radical (unpaired) electrons. The highest BCUT2D eigenvalue weighted by Crippen LogP contribution is 2.33. The lowest BCUT2D eigenvalue weighted by Gasteiger charge is -2.37. The molecular formula is C18H29NO. The molecule has 1 saturated heterocycles. The van der Waals surface area contributed by atoms with E-state index in [1.54, 1.807) is 7.11 Å². The minimum Gasteiger partial charge on any atom is -0.496 e. The molecule has 1 aliphatic rings. The maximum absolute atomic E-state index is 5.55. The fourth-order valence-corrected chi connectivity index (χ4v) is 3.12. The Bertz CT molecular complexity index is 441. The van der Waals surface area contributed by atoms with Crippen LogP contribution in [0.3, 0.4) is 0 Å². The lowest BCUT2D eigenvalue weighted by Crippen LogP contribution is -2.37. The predicted molar refractivity (Wildman–Crippen MR) is 85.4 cm³/mol. The number of rotatable bonds is 4. The Morgan fingerprint density at radius 2 is 1.85 bits per heavy atom. The molecule has 0 aromatic heterocycles. The van der Waals surface area contributed by atoms with E-state index >= 15 is 0 Å². The van der Waals surface area contributed by atoms with Crippen molar-refractivity contribution in [2.45, 2.75) is 53.0 Å². The molecule has 1 aliphatic heterocycles. The van der Waals surface area contributed by atoms with Crippen LogP contribution in [0.1, 0.15) is 57.6 Å². The van der Waals surface area contributed by atoms with Crippen molar-refractivity contribution in [3.63, 3.8) is 0 Å². The molecule has 0 bridgehead atoms. The lowest BCUT2D eigenvalue weighted by molar-refractivity contribution is 0.126. The number of ether oxygens (including phenoxy) is 1. The summed E-state index contributed by atoms with van der Waals surface area (Å²) in [6.45, 7) is 12.7. The first-order valence-electron chi connectivity index (χ1n) is 7.81. The van der Waals surface area contributed by atoms with Gasteiger partial charge < -0.3 is 4.74 Å². The zero-order valence-corrected chi connectivity index (χ0v) is 13.7. The van der Waals surface area contributed by atoms with Gasteiger partial charge in [0.2, 0.25) is 0 Å². The van der Waals surface area contributed by atoms with Gasteiger partial charge >= 0.3 is 0 Å². The number of likely N-dealkylation sites (tertiary alicyclic amines) is 1. The number of hydrogen-bond donors (Lipinski definition) is 0. The standard InChI is InChI=1S/C18H29NO/c1-14(2)17-15(7-6-8-16(17)20-5)13-19-11-9-18(3,4)10-12-19/h6-8,14H,9-13H2,1-5H3. The van der Waals surface area contributed by atoms with Gasteiger partial charge in [-0.1, -0.05) is 39.8 Å². The van der Waals surface area contributed by atoms with Crippen LogP contribution < -0.4 is 4.74 Å². The van der Waals surface area contributed by atoms with Gasteiger partial charge in [-0.15, -0.1) is 0 Å². The van der Waals surface area contributed by atoms with Gasteiger partial charge in [0.1, 0.15) is 5.75 Å². The van der Waals surface area contributed by atoms with Crippen molar-refractivity contribution >= 4 is 0 Å². The van der Waals surface area contributed by atoms with Crippen molar-refractivity contribution in [1.29, 1.82) is 0 Å². The maximum atomic E-state index is 5.55. The first-order valence-corrected chi connectivity index (χ1v) is 7.81. The van der Waals surface area contributed by atoms with Gasteiger partial charge in [-0.3, -0.25) is 4.90 Å². The van der Waals surface area contributed by atoms with Crippen molar-refractivity contribution in [1.82, 2.24) is 4.90 Å². The summed E-state index contributed by atoms with van der Waals surface area (Å²) in [5, 5.41) is 0. The Morgan fingerprint density at radius 3 is 2.40 bits per heavy atom. The first kappa shape index (κ1) is 15.4.